The van der Waals surface area contributed by atoms with Gasteiger partial charge in [0.05, 0.1) is 49.9 Å². The summed E-state index contributed by atoms with van der Waals surface area (Å²) < 4.78 is 50.6. The normalized spacial score (nSPS) is 19.5. The molecule has 0 aliphatic carbocycles. The Labute approximate surface area is 254 Å². The van der Waals surface area contributed by atoms with Crippen LogP contribution >= 0.6 is 0 Å². The number of carbonyl (C=O) groups is 2. The van der Waals surface area contributed by atoms with Crippen LogP contribution < -0.4 is 20.3 Å². The maximum atomic E-state index is 13.0. The number of halogens is 3. The van der Waals surface area contributed by atoms with E-state index in [9.17, 15) is 22.8 Å². The first-order valence-corrected chi connectivity index (χ1v) is 14.6. The van der Waals surface area contributed by atoms with Gasteiger partial charge in [-0.1, -0.05) is 36.4 Å². The molecule has 2 fully saturated rings. The summed E-state index contributed by atoms with van der Waals surface area (Å²) in [5, 5.41) is 5.43. The smallest absolute Gasteiger partial charge is 0.416 e. The van der Waals surface area contributed by atoms with E-state index >= 15 is 0 Å². The molecular formula is C32H36F3N5O4. The summed E-state index contributed by atoms with van der Waals surface area (Å²) >= 11 is 0. The zero-order chi connectivity index (χ0) is 31.1. The lowest BCUT2D eigenvalue weighted by molar-refractivity contribution is -0.137. The predicted molar refractivity (Wildman–Crippen MR) is 158 cm³/mol. The number of carbonyl (C=O) groups excluding carboxylic acids is 2. The van der Waals surface area contributed by atoms with E-state index in [-0.39, 0.29) is 24.3 Å². The van der Waals surface area contributed by atoms with Gasteiger partial charge in [-0.3, -0.25) is 14.5 Å². The summed E-state index contributed by atoms with van der Waals surface area (Å²) in [5.74, 6) is -0.618. The van der Waals surface area contributed by atoms with Crippen LogP contribution in [-0.4, -0.2) is 79.7 Å². The zero-order valence-corrected chi connectivity index (χ0v) is 24.4. The van der Waals surface area contributed by atoms with E-state index in [1.165, 1.54) is 6.07 Å². The highest BCUT2D eigenvalue weighted by molar-refractivity contribution is 5.96. The number of aromatic nitrogens is 1. The molecule has 0 spiro atoms. The number of methoxy groups -OCH3 is 1. The standard InChI is InChI=1S/C32H36F3N5O4/c1-43-30-11-10-26(17-36-30)39-14-12-25(13-15-39)40-19-27(28(20-40)44-21-22-6-3-2-4-7-22)38-29(41)18-37-31(42)23-8-5-9-24(16-23)32(33,34)35/h2-11,16-17,25,27-28H,12-15,18-21H2,1H3,(H,37,42)(H,38,41)/t27-,28-/m1/s1. The quantitative estimate of drug-likeness (QED) is 0.359. The molecule has 9 nitrogen and oxygen atoms in total. The number of likely N-dealkylation sites (tertiary alicyclic amines) is 1. The molecule has 3 aromatic rings. The van der Waals surface area contributed by atoms with Crippen molar-refractivity contribution in [1.82, 2.24) is 20.5 Å². The Morgan fingerprint density at radius 3 is 2.45 bits per heavy atom. The summed E-state index contributed by atoms with van der Waals surface area (Å²) in [6.07, 6.45) is -1.15. The van der Waals surface area contributed by atoms with Gasteiger partial charge in [0, 0.05) is 43.9 Å². The number of benzene rings is 2. The highest BCUT2D eigenvalue weighted by atomic mass is 19.4. The van der Waals surface area contributed by atoms with Crippen LogP contribution in [0.2, 0.25) is 0 Å². The Bertz CT molecular complexity index is 1400. The first kappa shape index (κ1) is 31.3. The number of pyridine rings is 1. The Hall–Kier alpha value is -4.16. The van der Waals surface area contributed by atoms with Crippen LogP contribution in [0.1, 0.15) is 34.3 Å². The molecule has 2 aliphatic heterocycles. The van der Waals surface area contributed by atoms with E-state index < -0.39 is 23.6 Å². The van der Waals surface area contributed by atoms with Crippen molar-refractivity contribution < 1.29 is 32.2 Å². The minimum Gasteiger partial charge on any atom is -0.481 e. The number of hydrogen-bond donors (Lipinski definition) is 2. The Kier molecular flexibility index (Phi) is 10.0. The second kappa shape index (κ2) is 14.1. The van der Waals surface area contributed by atoms with Crippen LogP contribution in [0.15, 0.2) is 72.9 Å². The number of nitrogens with zero attached hydrogens (tertiary/aromatic N) is 3. The van der Waals surface area contributed by atoms with Crippen molar-refractivity contribution >= 4 is 17.5 Å². The Morgan fingerprint density at radius 2 is 1.77 bits per heavy atom. The molecule has 0 saturated carbocycles. The van der Waals surface area contributed by atoms with Gasteiger partial charge in [-0.05, 0) is 42.7 Å². The Balaban J connectivity index is 1.17. The van der Waals surface area contributed by atoms with Crippen molar-refractivity contribution in [2.75, 3.05) is 44.7 Å². The topological polar surface area (TPSA) is 96.0 Å². The van der Waals surface area contributed by atoms with Crippen molar-refractivity contribution in [2.24, 2.45) is 0 Å². The third-order valence-electron chi connectivity index (χ3n) is 8.09. The van der Waals surface area contributed by atoms with Crippen molar-refractivity contribution in [3.05, 3.63) is 89.6 Å². The predicted octanol–water partition coefficient (Wildman–Crippen LogP) is 3.89. The largest absolute Gasteiger partial charge is 0.481 e. The second-order valence-electron chi connectivity index (χ2n) is 11.0. The fourth-order valence-electron chi connectivity index (χ4n) is 5.71. The number of hydrogen-bond acceptors (Lipinski definition) is 7. The number of anilines is 1. The molecule has 0 bridgehead atoms. The molecule has 44 heavy (non-hydrogen) atoms. The molecule has 234 valence electrons. The van der Waals surface area contributed by atoms with Gasteiger partial charge in [-0.25, -0.2) is 4.98 Å². The van der Waals surface area contributed by atoms with Crippen LogP contribution in [0, 0.1) is 0 Å². The first-order chi connectivity index (χ1) is 21.2. The van der Waals surface area contributed by atoms with Gasteiger partial charge < -0.3 is 25.0 Å². The second-order valence-corrected chi connectivity index (χ2v) is 11.0. The van der Waals surface area contributed by atoms with Gasteiger partial charge in [0.25, 0.3) is 5.91 Å². The minimum atomic E-state index is -4.57. The summed E-state index contributed by atoms with van der Waals surface area (Å²) in [7, 11) is 1.59. The van der Waals surface area contributed by atoms with E-state index in [1.54, 1.807) is 7.11 Å². The minimum absolute atomic E-state index is 0.166. The van der Waals surface area contributed by atoms with Crippen molar-refractivity contribution in [3.8, 4) is 5.88 Å². The third kappa shape index (κ3) is 8.06. The molecule has 2 saturated heterocycles. The van der Waals surface area contributed by atoms with Crippen molar-refractivity contribution in [2.45, 2.75) is 43.8 Å². The van der Waals surface area contributed by atoms with Gasteiger partial charge in [0.1, 0.15) is 0 Å². The van der Waals surface area contributed by atoms with Gasteiger partial charge in [0.15, 0.2) is 0 Å². The fraction of sp³-hybridized carbons (Fsp3) is 0.406. The van der Waals surface area contributed by atoms with Crippen molar-refractivity contribution in [3.63, 3.8) is 0 Å². The summed E-state index contributed by atoms with van der Waals surface area (Å²) in [6.45, 7) is 2.98. The van der Waals surface area contributed by atoms with Gasteiger partial charge in [0.2, 0.25) is 11.8 Å². The lowest BCUT2D eigenvalue weighted by atomic mass is 10.0. The van der Waals surface area contributed by atoms with Crippen LogP contribution in [-0.2, 0) is 22.3 Å². The molecule has 0 radical (unpaired) electrons. The maximum Gasteiger partial charge on any atom is 0.416 e. The third-order valence-corrected chi connectivity index (χ3v) is 8.09. The number of nitrogens with one attached hydrogen (secondary N) is 2. The fourth-order valence-corrected chi connectivity index (χ4v) is 5.71. The highest BCUT2D eigenvalue weighted by Crippen LogP contribution is 2.30. The molecule has 0 unspecified atom stereocenters. The van der Waals surface area contributed by atoms with Gasteiger partial charge in [-0.2, -0.15) is 13.2 Å². The Morgan fingerprint density at radius 1 is 1.00 bits per heavy atom. The first-order valence-electron chi connectivity index (χ1n) is 14.6. The molecule has 2 amide bonds. The van der Waals surface area contributed by atoms with Crippen molar-refractivity contribution in [1.29, 1.82) is 0 Å². The van der Waals surface area contributed by atoms with Crippen LogP contribution in [0.3, 0.4) is 0 Å². The monoisotopic (exact) mass is 611 g/mol. The number of piperidine rings is 1. The number of amides is 2. The lowest BCUT2D eigenvalue weighted by Crippen LogP contribution is -2.48. The van der Waals surface area contributed by atoms with E-state index in [0.717, 1.165) is 55.4 Å². The SMILES string of the molecule is COc1ccc(N2CCC(N3C[C@@H](NC(=O)CNC(=O)c4cccc(C(F)(F)F)c4)[C@H](OCc4ccccc4)C3)CC2)cn1. The highest BCUT2D eigenvalue weighted by Gasteiger charge is 2.39. The van der Waals surface area contributed by atoms with E-state index in [4.69, 9.17) is 9.47 Å². The maximum absolute atomic E-state index is 13.0. The van der Waals surface area contributed by atoms with Crippen LogP contribution in [0.5, 0.6) is 5.88 Å². The molecule has 5 rings (SSSR count). The average Bonchev–Trinajstić information content (AvgIpc) is 3.45. The molecule has 2 aliphatic rings. The molecule has 3 heterocycles. The molecule has 1 aromatic heterocycles. The number of rotatable bonds is 10. The van der Waals surface area contributed by atoms with Crippen LogP contribution in [0.4, 0.5) is 18.9 Å². The summed E-state index contributed by atoms with van der Waals surface area (Å²) in [4.78, 5) is 34.4. The molecule has 12 heteroatoms. The molecular weight excluding hydrogens is 575 g/mol. The molecule has 2 aromatic carbocycles. The number of alkyl halides is 3. The zero-order valence-electron chi connectivity index (χ0n) is 24.4. The molecule has 2 N–H and O–H groups in total. The summed E-state index contributed by atoms with van der Waals surface area (Å²) in [5.41, 5.74) is 0.976. The van der Waals surface area contributed by atoms with E-state index in [0.29, 0.717) is 31.6 Å². The average molecular weight is 612 g/mol. The lowest BCUT2D eigenvalue weighted by Gasteiger charge is -2.37. The summed E-state index contributed by atoms with van der Waals surface area (Å²) in [6, 6.07) is 17.7. The number of ether oxygens (including phenoxy) is 2. The van der Waals surface area contributed by atoms with Gasteiger partial charge >= 0.3 is 6.18 Å². The molecule has 2 atom stereocenters. The van der Waals surface area contributed by atoms with E-state index in [2.05, 4.69) is 25.4 Å². The van der Waals surface area contributed by atoms with Crippen LogP contribution in [0.25, 0.3) is 0 Å². The van der Waals surface area contributed by atoms with Gasteiger partial charge in [-0.15, -0.1) is 0 Å². The van der Waals surface area contributed by atoms with E-state index in [1.807, 2.05) is 48.7 Å².